The standard InChI is InChI=1S/2C8HF17O3S.C2H6O2/c2*9-1(10,3(13,14)5(17,18)7(21,22)23)2(11,12)4(15,16)6(19,20)8(24,25)29(26,27)28;1-2(3)4/h2*(H,26,27,28);2-4H,1H3. The summed E-state index contributed by atoms with van der Waals surface area (Å²) in [6, 6.07) is 0. The molecular weight excluding hydrogens is 1050 g/mol. The molecule has 0 rings (SSSR count). The zero-order valence-corrected chi connectivity index (χ0v) is 28.3. The molecule has 0 unspecified atom stereocenters. The highest BCUT2D eigenvalue weighted by molar-refractivity contribution is 7.87. The Balaban J connectivity index is -0.00000103. The van der Waals surface area contributed by atoms with E-state index in [9.17, 15) is 166 Å². The minimum absolute atomic E-state index is 1.17. The van der Waals surface area contributed by atoms with E-state index in [2.05, 4.69) is 0 Å². The molecule has 378 valence electrons. The predicted octanol–water partition coefficient (Wildman–Crippen LogP) is 9.00. The van der Waals surface area contributed by atoms with Crippen LogP contribution in [0.25, 0.3) is 0 Å². The van der Waals surface area contributed by atoms with Crippen LogP contribution in [0.1, 0.15) is 6.92 Å². The first-order valence-electron chi connectivity index (χ1n) is 12.5. The fourth-order valence-electron chi connectivity index (χ4n) is 2.62. The third kappa shape index (κ3) is 9.12. The normalized spacial score (nSPS) is 16.4. The SMILES string of the molecule is CC(O)O.O=S(=O)(O)C(F)(F)C(F)(F)C(F)(F)C(F)(F)C(F)(F)C(F)(F)C(F)(F)C(F)(F)F.O=S(=O)(O)C(F)(F)C(F)(F)C(F)(F)C(F)(F)C(F)(F)C(F)(F)C(F)(F)C(F)(F)F. The van der Waals surface area contributed by atoms with Crippen LogP contribution in [-0.4, -0.2) is 136 Å². The lowest BCUT2D eigenvalue weighted by Gasteiger charge is -2.42. The topological polar surface area (TPSA) is 149 Å². The highest BCUT2D eigenvalue weighted by Crippen LogP contribution is 2.66. The fraction of sp³-hybridized carbons (Fsp3) is 1.00. The van der Waals surface area contributed by atoms with Gasteiger partial charge in [-0.25, -0.2) is 0 Å². The van der Waals surface area contributed by atoms with Crippen LogP contribution in [0.15, 0.2) is 0 Å². The average Bonchev–Trinajstić information content (AvgIpc) is 2.97. The van der Waals surface area contributed by atoms with Gasteiger partial charge in [0.1, 0.15) is 6.29 Å². The Morgan fingerprint density at radius 2 is 0.371 bits per heavy atom. The van der Waals surface area contributed by atoms with Gasteiger partial charge in [-0.1, -0.05) is 0 Å². The monoisotopic (exact) mass is 1060 g/mol. The van der Waals surface area contributed by atoms with Crippen molar-refractivity contribution in [1.29, 1.82) is 0 Å². The summed E-state index contributed by atoms with van der Waals surface area (Å²) in [4.78, 5) is 0. The van der Waals surface area contributed by atoms with Crippen molar-refractivity contribution in [2.75, 3.05) is 0 Å². The number of aliphatic hydroxyl groups is 2. The number of hydrogen-bond acceptors (Lipinski definition) is 6. The van der Waals surface area contributed by atoms with E-state index in [1.54, 1.807) is 0 Å². The summed E-state index contributed by atoms with van der Waals surface area (Å²) in [5, 5.41) is -0.463. The second-order valence-corrected chi connectivity index (χ2v) is 13.4. The van der Waals surface area contributed by atoms with E-state index in [0.717, 1.165) is 0 Å². The number of rotatable bonds is 14. The molecule has 0 aromatic rings. The van der Waals surface area contributed by atoms with Gasteiger partial charge in [-0.2, -0.15) is 166 Å². The van der Waals surface area contributed by atoms with Crippen molar-refractivity contribution in [3.8, 4) is 0 Å². The Labute approximate surface area is 313 Å². The number of halogens is 34. The Kier molecular flexibility index (Phi) is 16.8. The molecule has 0 aliphatic rings. The molecule has 0 heterocycles. The maximum Gasteiger partial charge on any atom is 0.460 e. The van der Waals surface area contributed by atoms with Gasteiger partial charge in [0.15, 0.2) is 0 Å². The summed E-state index contributed by atoms with van der Waals surface area (Å²) in [5.41, 5.74) is 0. The van der Waals surface area contributed by atoms with Crippen molar-refractivity contribution in [2.24, 2.45) is 0 Å². The van der Waals surface area contributed by atoms with Crippen LogP contribution in [0.4, 0.5) is 149 Å². The van der Waals surface area contributed by atoms with Crippen molar-refractivity contribution < 1.29 is 185 Å². The quantitative estimate of drug-likeness (QED) is 0.0766. The van der Waals surface area contributed by atoms with Gasteiger partial charge in [0.05, 0.1) is 0 Å². The van der Waals surface area contributed by atoms with Crippen LogP contribution in [0.5, 0.6) is 0 Å². The Morgan fingerprint density at radius 3 is 0.468 bits per heavy atom. The van der Waals surface area contributed by atoms with Crippen LogP contribution >= 0.6 is 0 Å². The van der Waals surface area contributed by atoms with Gasteiger partial charge in [-0.3, -0.25) is 9.11 Å². The minimum Gasteiger partial charge on any atom is -0.368 e. The van der Waals surface area contributed by atoms with Crippen LogP contribution in [0.2, 0.25) is 0 Å². The Hall–Kier alpha value is -2.64. The van der Waals surface area contributed by atoms with E-state index < -0.39 is 120 Å². The van der Waals surface area contributed by atoms with Gasteiger partial charge < -0.3 is 10.2 Å². The summed E-state index contributed by atoms with van der Waals surface area (Å²) in [5.74, 6) is -104. The minimum atomic E-state index is -8.89. The lowest BCUT2D eigenvalue weighted by Crippen LogP contribution is -2.74. The predicted molar refractivity (Wildman–Crippen MR) is 118 cm³/mol. The van der Waals surface area contributed by atoms with Gasteiger partial charge in [0.2, 0.25) is 0 Å². The van der Waals surface area contributed by atoms with Gasteiger partial charge in [-0.15, -0.1) is 0 Å². The van der Waals surface area contributed by atoms with E-state index in [4.69, 9.17) is 19.3 Å². The van der Waals surface area contributed by atoms with E-state index in [-0.39, 0.29) is 0 Å². The van der Waals surface area contributed by atoms with E-state index in [1.165, 1.54) is 6.92 Å². The van der Waals surface area contributed by atoms with Crippen molar-refractivity contribution in [3.05, 3.63) is 0 Å². The molecule has 44 heteroatoms. The number of aliphatic hydroxyl groups excluding tert-OH is 1. The first-order valence-corrected chi connectivity index (χ1v) is 15.3. The van der Waals surface area contributed by atoms with Crippen molar-refractivity contribution in [3.63, 3.8) is 0 Å². The van der Waals surface area contributed by atoms with Crippen molar-refractivity contribution in [1.82, 2.24) is 0 Å². The molecule has 0 saturated carbocycles. The summed E-state index contributed by atoms with van der Waals surface area (Å²) >= 11 is 0. The first kappa shape index (κ1) is 63.6. The maximum atomic E-state index is 13.0. The zero-order chi connectivity index (χ0) is 52.6. The summed E-state index contributed by atoms with van der Waals surface area (Å²) in [7, 11) is -15.8. The van der Waals surface area contributed by atoms with Gasteiger partial charge in [-0.05, 0) is 6.92 Å². The molecule has 0 aromatic carbocycles. The maximum absolute atomic E-state index is 13.0. The van der Waals surface area contributed by atoms with Gasteiger partial charge in [0, 0.05) is 0 Å². The molecule has 0 radical (unpaired) electrons. The third-order valence-corrected chi connectivity index (χ3v) is 7.84. The molecule has 0 fully saturated rings. The van der Waals surface area contributed by atoms with Crippen LogP contribution in [0.3, 0.4) is 0 Å². The van der Waals surface area contributed by atoms with Gasteiger partial charge >= 0.3 is 114 Å². The highest BCUT2D eigenvalue weighted by atomic mass is 32.2. The largest absolute Gasteiger partial charge is 0.460 e. The van der Waals surface area contributed by atoms with Gasteiger partial charge in [0.25, 0.3) is 0 Å². The van der Waals surface area contributed by atoms with Crippen LogP contribution in [0, 0.1) is 0 Å². The zero-order valence-electron chi connectivity index (χ0n) is 26.7. The highest BCUT2D eigenvalue weighted by Gasteiger charge is 2.98. The van der Waals surface area contributed by atoms with Crippen molar-refractivity contribution in [2.45, 2.75) is 107 Å². The molecule has 62 heavy (non-hydrogen) atoms. The smallest absolute Gasteiger partial charge is 0.368 e. The van der Waals surface area contributed by atoms with E-state index in [0.29, 0.717) is 0 Å². The average molecular weight is 1060 g/mol. The second kappa shape index (κ2) is 16.4. The number of hydrogen-bond donors (Lipinski definition) is 4. The molecule has 0 atom stereocenters. The summed E-state index contributed by atoms with van der Waals surface area (Å²) in [6.45, 7) is 1.28. The molecule has 0 aliphatic carbocycles. The molecule has 8 nitrogen and oxygen atoms in total. The van der Waals surface area contributed by atoms with E-state index in [1.807, 2.05) is 0 Å². The lowest BCUT2D eigenvalue weighted by atomic mass is 9.91. The summed E-state index contributed by atoms with van der Waals surface area (Å²) < 4.78 is 485. The molecule has 0 amide bonds. The van der Waals surface area contributed by atoms with Crippen LogP contribution < -0.4 is 0 Å². The summed E-state index contributed by atoms with van der Waals surface area (Å²) in [6.07, 6.45) is -16.9. The molecule has 4 N–H and O–H groups in total. The molecule has 0 bridgehead atoms. The van der Waals surface area contributed by atoms with Crippen molar-refractivity contribution >= 4 is 20.2 Å². The van der Waals surface area contributed by atoms with Crippen LogP contribution in [-0.2, 0) is 20.2 Å². The number of alkyl halides is 34. The Bertz CT molecular complexity index is 1650. The third-order valence-electron chi connectivity index (χ3n) is 6.03. The molecule has 0 aliphatic heterocycles. The molecule has 0 spiro atoms. The van der Waals surface area contributed by atoms with E-state index >= 15 is 0 Å². The molecule has 0 aromatic heterocycles. The fourth-order valence-corrected chi connectivity index (χ4v) is 3.53. The Morgan fingerprint density at radius 1 is 0.274 bits per heavy atom. The first-order chi connectivity index (χ1) is 25.7. The lowest BCUT2D eigenvalue weighted by molar-refractivity contribution is -0.458. The second-order valence-electron chi connectivity index (χ2n) is 10.5. The molecular formula is C18H8F34O8S2. The molecule has 0 saturated heterocycles.